The monoisotopic (exact) mass is 150 g/mol. The Labute approximate surface area is 60.2 Å². The van der Waals surface area contributed by atoms with Gasteiger partial charge in [-0.25, -0.2) is 0 Å². The minimum absolute atomic E-state index is 0.332. The first-order valence-electron chi connectivity index (χ1n) is 3.38. The Morgan fingerprint density at radius 1 is 1.50 bits per heavy atom. The van der Waals surface area contributed by atoms with Crippen molar-refractivity contribution in [1.82, 2.24) is 0 Å². The summed E-state index contributed by atoms with van der Waals surface area (Å²) in [4.78, 5) is 2.96. The third-order valence-electron chi connectivity index (χ3n) is 1.08. The molecule has 0 aromatic rings. The third-order valence-corrected chi connectivity index (χ3v) is 1.08. The van der Waals surface area contributed by atoms with E-state index in [0.29, 0.717) is 6.61 Å². The molecule has 0 fully saturated rings. The molecule has 0 atom stereocenters. The molecule has 0 saturated carbocycles. The van der Waals surface area contributed by atoms with Crippen molar-refractivity contribution < 1.29 is 19.1 Å². The van der Waals surface area contributed by atoms with Crippen LogP contribution in [0.5, 0.6) is 0 Å². The van der Waals surface area contributed by atoms with Gasteiger partial charge in [-0.1, -0.05) is 24.3 Å². The van der Waals surface area contributed by atoms with E-state index < -0.39 is 7.32 Å². The summed E-state index contributed by atoms with van der Waals surface area (Å²) in [6, 6.07) is 0. The maximum Gasteiger partial charge on any atom is 0.669 e. The number of hydrogen-bond donors (Lipinski definition) is 1. The molecule has 0 unspecified atom stereocenters. The van der Waals surface area contributed by atoms with Crippen molar-refractivity contribution in [2.24, 2.45) is 0 Å². The van der Waals surface area contributed by atoms with Crippen LogP contribution >= 0.6 is 0 Å². The molecule has 0 aromatic heterocycles. The Kier molecular flexibility index (Phi) is 6.90. The fraction of sp³-hybridized carbons (Fsp3) is 1.00. The standard InChI is InChI=1S/C5H12BFO3/c1-2-3-4-5-9-6(8)10-7/h8H,2-5H2,1H3. The van der Waals surface area contributed by atoms with Gasteiger partial charge >= 0.3 is 7.32 Å². The van der Waals surface area contributed by atoms with Crippen molar-refractivity contribution in [3.8, 4) is 0 Å². The molecule has 0 bridgehead atoms. The quantitative estimate of drug-likeness (QED) is 0.454. The predicted molar refractivity (Wildman–Crippen MR) is 35.6 cm³/mol. The average molecular weight is 150 g/mol. The molecule has 0 aliphatic heterocycles. The first-order valence-corrected chi connectivity index (χ1v) is 3.38. The highest BCUT2D eigenvalue weighted by Gasteiger charge is 2.14. The van der Waals surface area contributed by atoms with Gasteiger partial charge in [0.05, 0.1) is 0 Å². The first-order chi connectivity index (χ1) is 4.81. The molecule has 1 N–H and O–H groups in total. The van der Waals surface area contributed by atoms with E-state index in [4.69, 9.17) is 5.02 Å². The summed E-state index contributed by atoms with van der Waals surface area (Å²) in [5, 5.41) is 8.34. The molecule has 60 valence electrons. The SMILES string of the molecule is CCCCCOB(O)OF. The molecule has 0 heterocycles. The van der Waals surface area contributed by atoms with E-state index in [2.05, 4.69) is 9.51 Å². The van der Waals surface area contributed by atoms with Crippen molar-refractivity contribution in [2.45, 2.75) is 26.2 Å². The van der Waals surface area contributed by atoms with Gasteiger partial charge in [0, 0.05) is 6.61 Å². The Morgan fingerprint density at radius 2 is 2.20 bits per heavy atom. The third kappa shape index (κ3) is 6.00. The topological polar surface area (TPSA) is 38.7 Å². The first kappa shape index (κ1) is 9.87. The van der Waals surface area contributed by atoms with Crippen LogP contribution in [0.15, 0.2) is 0 Å². The second-order valence-electron chi connectivity index (χ2n) is 1.97. The van der Waals surface area contributed by atoms with Crippen LogP contribution in [-0.4, -0.2) is 19.0 Å². The lowest BCUT2D eigenvalue weighted by Crippen LogP contribution is -2.19. The van der Waals surface area contributed by atoms with Gasteiger partial charge in [-0.05, 0) is 6.42 Å². The Morgan fingerprint density at radius 3 is 2.70 bits per heavy atom. The van der Waals surface area contributed by atoms with Crippen molar-refractivity contribution in [3.05, 3.63) is 0 Å². The fourth-order valence-electron chi connectivity index (χ4n) is 0.562. The highest BCUT2D eigenvalue weighted by molar-refractivity contribution is 6.34. The van der Waals surface area contributed by atoms with Gasteiger partial charge in [0.1, 0.15) is 0 Å². The molecule has 0 rings (SSSR count). The van der Waals surface area contributed by atoms with E-state index >= 15 is 0 Å². The maximum atomic E-state index is 11.0. The molecule has 0 amide bonds. The fourth-order valence-corrected chi connectivity index (χ4v) is 0.562. The van der Waals surface area contributed by atoms with E-state index in [1.165, 1.54) is 0 Å². The van der Waals surface area contributed by atoms with Gasteiger partial charge in [-0.3, -0.25) is 0 Å². The number of halogens is 1. The zero-order valence-electron chi connectivity index (χ0n) is 6.05. The van der Waals surface area contributed by atoms with Gasteiger partial charge in [-0.15, -0.1) is 0 Å². The minimum Gasteiger partial charge on any atom is -0.400 e. The Bertz CT molecular complexity index is 73.9. The van der Waals surface area contributed by atoms with Crippen LogP contribution in [-0.2, 0) is 9.51 Å². The van der Waals surface area contributed by atoms with Crippen LogP contribution in [0.25, 0.3) is 0 Å². The normalized spacial score (nSPS) is 9.90. The molecule has 0 saturated heterocycles. The minimum atomic E-state index is -1.71. The molecule has 0 aromatic carbocycles. The summed E-state index contributed by atoms with van der Waals surface area (Å²) in [6.45, 7) is 2.38. The largest absolute Gasteiger partial charge is 0.669 e. The highest BCUT2D eigenvalue weighted by Crippen LogP contribution is 1.95. The van der Waals surface area contributed by atoms with Gasteiger partial charge < -0.3 is 9.68 Å². The smallest absolute Gasteiger partial charge is 0.400 e. The van der Waals surface area contributed by atoms with E-state index in [9.17, 15) is 4.53 Å². The number of unbranched alkanes of at least 4 members (excludes halogenated alkanes) is 2. The zero-order valence-corrected chi connectivity index (χ0v) is 6.05. The average Bonchev–Trinajstić information content (AvgIpc) is 1.98. The lowest BCUT2D eigenvalue weighted by Gasteiger charge is -2.00. The van der Waals surface area contributed by atoms with Crippen LogP contribution in [0, 0.1) is 0 Å². The van der Waals surface area contributed by atoms with Crippen molar-refractivity contribution in [1.29, 1.82) is 0 Å². The van der Waals surface area contributed by atoms with Gasteiger partial charge in [0.2, 0.25) is 0 Å². The second kappa shape index (κ2) is 6.99. The molecule has 0 aliphatic rings. The summed E-state index contributed by atoms with van der Waals surface area (Å²) >= 11 is 0. The van der Waals surface area contributed by atoms with Gasteiger partial charge in [-0.2, -0.15) is 4.86 Å². The summed E-state index contributed by atoms with van der Waals surface area (Å²) in [6.07, 6.45) is 2.89. The Hall–Kier alpha value is -0.125. The van der Waals surface area contributed by atoms with Crippen LogP contribution in [0.1, 0.15) is 26.2 Å². The highest BCUT2D eigenvalue weighted by atomic mass is 19.3. The number of hydrogen-bond acceptors (Lipinski definition) is 3. The maximum absolute atomic E-state index is 11.0. The lowest BCUT2D eigenvalue weighted by atomic mass is 10.2. The van der Waals surface area contributed by atoms with Crippen molar-refractivity contribution >= 4 is 7.32 Å². The molecule has 0 spiro atoms. The van der Waals surface area contributed by atoms with Crippen LogP contribution in [0.3, 0.4) is 0 Å². The number of rotatable bonds is 6. The molecule has 10 heavy (non-hydrogen) atoms. The van der Waals surface area contributed by atoms with Crippen LogP contribution in [0.4, 0.5) is 4.53 Å². The summed E-state index contributed by atoms with van der Waals surface area (Å²) in [7, 11) is -1.71. The molecule has 5 heteroatoms. The van der Waals surface area contributed by atoms with Crippen molar-refractivity contribution in [2.75, 3.05) is 6.61 Å². The second-order valence-corrected chi connectivity index (χ2v) is 1.97. The molecule has 0 aliphatic carbocycles. The van der Waals surface area contributed by atoms with Crippen LogP contribution in [0.2, 0.25) is 0 Å². The van der Waals surface area contributed by atoms with E-state index in [1.54, 1.807) is 0 Å². The molecular weight excluding hydrogens is 138 g/mol. The van der Waals surface area contributed by atoms with Crippen molar-refractivity contribution in [3.63, 3.8) is 0 Å². The van der Waals surface area contributed by atoms with Gasteiger partial charge in [0.15, 0.2) is 0 Å². The molecule has 3 nitrogen and oxygen atoms in total. The summed E-state index contributed by atoms with van der Waals surface area (Å²) < 4.78 is 15.5. The summed E-state index contributed by atoms with van der Waals surface area (Å²) in [5.41, 5.74) is 0. The molecular formula is C5H12BFO3. The van der Waals surface area contributed by atoms with Gasteiger partial charge in [0.25, 0.3) is 0 Å². The zero-order chi connectivity index (χ0) is 7.82. The van der Waals surface area contributed by atoms with Crippen LogP contribution < -0.4 is 0 Å². The van der Waals surface area contributed by atoms with E-state index in [0.717, 1.165) is 19.3 Å². The lowest BCUT2D eigenvalue weighted by molar-refractivity contribution is -0.0667. The Balaban J connectivity index is 2.89. The predicted octanol–water partition coefficient (Wildman–Crippen LogP) is 1.07. The van der Waals surface area contributed by atoms with E-state index in [1.807, 2.05) is 6.92 Å². The summed E-state index contributed by atoms with van der Waals surface area (Å²) in [5.74, 6) is 0. The molecule has 0 radical (unpaired) electrons. The van der Waals surface area contributed by atoms with E-state index in [-0.39, 0.29) is 0 Å².